The van der Waals surface area contributed by atoms with Crippen molar-refractivity contribution >= 4 is 29.9 Å². The Kier molecular flexibility index (Phi) is 11.3. The molecule has 0 amide bonds. The molecule has 2 aliphatic rings. The fourth-order valence-electron chi connectivity index (χ4n) is 4.10. The molecule has 164 valence electrons. The molecule has 2 aliphatic heterocycles. The van der Waals surface area contributed by atoms with E-state index in [-0.39, 0.29) is 30.1 Å². The molecule has 2 atom stereocenters. The Morgan fingerprint density at radius 1 is 1.17 bits per heavy atom. The highest BCUT2D eigenvalue weighted by molar-refractivity contribution is 14.0. The predicted molar refractivity (Wildman–Crippen MR) is 127 cm³/mol. The molecule has 0 aliphatic carbocycles. The lowest BCUT2D eigenvalue weighted by molar-refractivity contribution is 0.00985. The van der Waals surface area contributed by atoms with Gasteiger partial charge in [-0.25, -0.2) is 0 Å². The van der Waals surface area contributed by atoms with E-state index in [0.29, 0.717) is 12.0 Å². The Labute approximate surface area is 192 Å². The van der Waals surface area contributed by atoms with Gasteiger partial charge in [0, 0.05) is 59.5 Å². The summed E-state index contributed by atoms with van der Waals surface area (Å²) >= 11 is 0. The third kappa shape index (κ3) is 7.38. The number of aliphatic imine (C=N–C) groups is 1. The monoisotopic (exact) mass is 517 g/mol. The zero-order valence-corrected chi connectivity index (χ0v) is 20.0. The third-order valence-electron chi connectivity index (χ3n) is 5.66. The molecule has 1 aromatic carbocycles. The molecule has 0 spiro atoms. The number of benzene rings is 1. The van der Waals surface area contributed by atoms with Crippen molar-refractivity contribution in [1.82, 2.24) is 10.2 Å². The number of rotatable bonds is 8. The number of guanidine groups is 1. The fraction of sp³-hybridized carbons (Fsp3) is 0.682. The molecule has 0 radical (unpaired) electrons. The Balaban J connectivity index is 0.00000300. The normalized spacial score (nSPS) is 23.1. The lowest BCUT2D eigenvalue weighted by Gasteiger charge is -2.34. The van der Waals surface area contributed by atoms with Gasteiger partial charge in [0.1, 0.15) is 0 Å². The van der Waals surface area contributed by atoms with Gasteiger partial charge in [-0.2, -0.15) is 0 Å². The van der Waals surface area contributed by atoms with E-state index < -0.39 is 0 Å². The summed E-state index contributed by atoms with van der Waals surface area (Å²) in [5.74, 6) is 1.47. The van der Waals surface area contributed by atoms with Crippen molar-refractivity contribution in [3.8, 4) is 0 Å². The van der Waals surface area contributed by atoms with Gasteiger partial charge in [-0.05, 0) is 31.2 Å². The number of hydrogen-bond donors (Lipinski definition) is 1. The van der Waals surface area contributed by atoms with Gasteiger partial charge >= 0.3 is 0 Å². The van der Waals surface area contributed by atoms with Crippen LogP contribution in [0.4, 0.5) is 0 Å². The van der Waals surface area contributed by atoms with Crippen LogP contribution in [0.5, 0.6) is 0 Å². The van der Waals surface area contributed by atoms with Crippen molar-refractivity contribution < 1.29 is 14.2 Å². The molecule has 0 bridgehead atoms. The van der Waals surface area contributed by atoms with Crippen LogP contribution >= 0.6 is 24.0 Å². The zero-order chi connectivity index (χ0) is 19.6. The average molecular weight is 517 g/mol. The van der Waals surface area contributed by atoms with Crippen molar-refractivity contribution in [3.05, 3.63) is 35.9 Å². The summed E-state index contributed by atoms with van der Waals surface area (Å²) in [7, 11) is 3.60. The Morgan fingerprint density at radius 3 is 2.62 bits per heavy atom. The summed E-state index contributed by atoms with van der Waals surface area (Å²) in [4.78, 5) is 6.86. The average Bonchev–Trinajstić information content (AvgIpc) is 3.22. The number of likely N-dealkylation sites (tertiary alicyclic amines) is 1. The zero-order valence-electron chi connectivity index (χ0n) is 17.7. The van der Waals surface area contributed by atoms with Crippen molar-refractivity contribution in [1.29, 1.82) is 0 Å². The van der Waals surface area contributed by atoms with Crippen LogP contribution in [0.3, 0.4) is 0 Å². The van der Waals surface area contributed by atoms with E-state index in [9.17, 15) is 0 Å². The van der Waals surface area contributed by atoms with Gasteiger partial charge < -0.3 is 24.4 Å². The molecule has 1 aromatic rings. The number of nitrogens with zero attached hydrogens (tertiary/aromatic N) is 2. The van der Waals surface area contributed by atoms with E-state index in [1.807, 2.05) is 7.05 Å². The van der Waals surface area contributed by atoms with Crippen LogP contribution in [0.25, 0.3) is 0 Å². The first kappa shape index (κ1) is 24.4. The number of halogens is 1. The maximum Gasteiger partial charge on any atom is 0.193 e. The van der Waals surface area contributed by atoms with Gasteiger partial charge in [0.2, 0.25) is 0 Å². The summed E-state index contributed by atoms with van der Waals surface area (Å²) < 4.78 is 17.1. The second kappa shape index (κ2) is 13.4. The standard InChI is InChI=1S/C22H35N3O3.HI/c1-23-22(25-12-9-20(10-13-25)27-15-6-14-26-2)24-17-19-11-16-28-21(19)18-7-4-3-5-8-18;/h3-5,7-8,19-21H,6,9-17H2,1-2H3,(H,23,24);1H. The molecule has 0 saturated carbocycles. The van der Waals surface area contributed by atoms with Gasteiger partial charge in [0.25, 0.3) is 0 Å². The molecule has 1 N–H and O–H groups in total. The van der Waals surface area contributed by atoms with E-state index in [4.69, 9.17) is 14.2 Å². The van der Waals surface area contributed by atoms with Crippen LogP contribution in [0.2, 0.25) is 0 Å². The number of methoxy groups -OCH3 is 1. The predicted octanol–water partition coefficient (Wildman–Crippen LogP) is 3.48. The lowest BCUT2D eigenvalue weighted by Crippen LogP contribution is -2.48. The van der Waals surface area contributed by atoms with Crippen LogP contribution in [0, 0.1) is 5.92 Å². The highest BCUT2D eigenvalue weighted by atomic mass is 127. The third-order valence-corrected chi connectivity index (χ3v) is 5.66. The quantitative estimate of drug-likeness (QED) is 0.248. The number of hydrogen-bond acceptors (Lipinski definition) is 4. The summed E-state index contributed by atoms with van der Waals surface area (Å²) in [5.41, 5.74) is 1.27. The summed E-state index contributed by atoms with van der Waals surface area (Å²) in [6.45, 7) is 5.24. The Bertz CT molecular complexity index is 594. The molecule has 2 saturated heterocycles. The van der Waals surface area contributed by atoms with E-state index in [2.05, 4.69) is 45.5 Å². The van der Waals surface area contributed by atoms with Crippen molar-refractivity contribution in [2.75, 3.05) is 53.6 Å². The highest BCUT2D eigenvalue weighted by Crippen LogP contribution is 2.33. The molecule has 6 nitrogen and oxygen atoms in total. The van der Waals surface area contributed by atoms with Gasteiger partial charge in [-0.1, -0.05) is 30.3 Å². The molecule has 2 fully saturated rings. The largest absolute Gasteiger partial charge is 0.385 e. The second-order valence-electron chi connectivity index (χ2n) is 7.58. The van der Waals surface area contributed by atoms with E-state index in [1.54, 1.807) is 7.11 Å². The lowest BCUT2D eigenvalue weighted by atomic mass is 9.95. The molecule has 3 rings (SSSR count). The van der Waals surface area contributed by atoms with Gasteiger partial charge in [0.15, 0.2) is 5.96 Å². The van der Waals surface area contributed by atoms with Crippen molar-refractivity contribution in [2.24, 2.45) is 10.9 Å². The molecular formula is C22H36IN3O3. The maximum absolute atomic E-state index is 6.01. The minimum atomic E-state index is 0. The van der Waals surface area contributed by atoms with E-state index in [1.165, 1.54) is 5.56 Å². The van der Waals surface area contributed by atoms with Crippen molar-refractivity contribution in [2.45, 2.75) is 37.9 Å². The van der Waals surface area contributed by atoms with E-state index >= 15 is 0 Å². The van der Waals surface area contributed by atoms with Crippen LogP contribution in [-0.4, -0.2) is 70.6 Å². The fourth-order valence-corrected chi connectivity index (χ4v) is 4.10. The first-order valence-electron chi connectivity index (χ1n) is 10.5. The second-order valence-corrected chi connectivity index (χ2v) is 7.58. The number of piperidine rings is 1. The van der Waals surface area contributed by atoms with Gasteiger partial charge in [-0.3, -0.25) is 4.99 Å². The maximum atomic E-state index is 6.01. The Hall–Kier alpha value is -0.900. The minimum absolute atomic E-state index is 0. The van der Waals surface area contributed by atoms with Crippen LogP contribution in [0.1, 0.15) is 37.4 Å². The van der Waals surface area contributed by atoms with Gasteiger partial charge in [0.05, 0.1) is 12.2 Å². The molecule has 29 heavy (non-hydrogen) atoms. The van der Waals surface area contributed by atoms with Crippen LogP contribution in [-0.2, 0) is 14.2 Å². The molecule has 0 aromatic heterocycles. The molecule has 2 unspecified atom stereocenters. The smallest absolute Gasteiger partial charge is 0.193 e. The van der Waals surface area contributed by atoms with E-state index in [0.717, 1.165) is 71.1 Å². The Morgan fingerprint density at radius 2 is 1.93 bits per heavy atom. The van der Waals surface area contributed by atoms with Crippen LogP contribution < -0.4 is 5.32 Å². The number of ether oxygens (including phenoxy) is 3. The minimum Gasteiger partial charge on any atom is -0.385 e. The SMILES string of the molecule is CN=C(NCC1CCOC1c1ccccc1)N1CCC(OCCCOC)CC1.I. The first-order chi connectivity index (χ1) is 13.8. The summed E-state index contributed by atoms with van der Waals surface area (Å²) in [6.07, 6.45) is 4.68. The molecule has 2 heterocycles. The first-order valence-corrected chi connectivity index (χ1v) is 10.5. The summed E-state index contributed by atoms with van der Waals surface area (Å²) in [6, 6.07) is 10.5. The van der Waals surface area contributed by atoms with Crippen molar-refractivity contribution in [3.63, 3.8) is 0 Å². The molecular weight excluding hydrogens is 481 g/mol. The van der Waals surface area contributed by atoms with Gasteiger partial charge in [-0.15, -0.1) is 24.0 Å². The topological polar surface area (TPSA) is 55.3 Å². The highest BCUT2D eigenvalue weighted by Gasteiger charge is 2.30. The number of nitrogens with one attached hydrogen (secondary N) is 1. The summed E-state index contributed by atoms with van der Waals surface area (Å²) in [5, 5.41) is 3.59. The molecule has 7 heteroatoms. The van der Waals surface area contributed by atoms with Crippen LogP contribution in [0.15, 0.2) is 35.3 Å².